The minimum atomic E-state index is -1.27. The first-order valence-electron chi connectivity index (χ1n) is 8.74. The summed E-state index contributed by atoms with van der Waals surface area (Å²) in [6, 6.07) is 14.0. The van der Waals surface area contributed by atoms with Gasteiger partial charge in [0, 0.05) is 11.6 Å². The monoisotopic (exact) mass is 403 g/mol. The third-order valence-electron chi connectivity index (χ3n) is 5.37. The van der Waals surface area contributed by atoms with Crippen molar-refractivity contribution in [2.75, 3.05) is 0 Å². The molecule has 1 unspecified atom stereocenters. The Kier molecular flexibility index (Phi) is 5.23. The maximum Gasteiger partial charge on any atom is 0.319 e. The lowest BCUT2D eigenvalue weighted by molar-refractivity contribution is -0.138. The fourth-order valence-corrected chi connectivity index (χ4v) is 3.28. The molecular formula is C20H22ClN3O4. The second-order valence-corrected chi connectivity index (χ2v) is 7.78. The summed E-state index contributed by atoms with van der Waals surface area (Å²) in [5.41, 5.74) is 0.379. The van der Waals surface area contributed by atoms with Crippen LogP contribution in [0.1, 0.15) is 26.3 Å². The zero-order valence-corrected chi connectivity index (χ0v) is 16.6. The second kappa shape index (κ2) is 7.33. The Hall–Kier alpha value is -2.77. The minimum Gasteiger partial charge on any atom is -0.457 e. The van der Waals surface area contributed by atoms with E-state index in [1.54, 1.807) is 55.4 Å². The van der Waals surface area contributed by atoms with Gasteiger partial charge in [-0.15, -0.1) is 0 Å². The molecule has 1 saturated heterocycles. The molecule has 0 radical (unpaired) electrons. The van der Waals surface area contributed by atoms with Crippen LogP contribution in [-0.4, -0.2) is 33.1 Å². The van der Waals surface area contributed by atoms with E-state index in [0.717, 1.165) is 5.56 Å². The number of urea groups is 1. The Morgan fingerprint density at radius 3 is 2.18 bits per heavy atom. The summed E-state index contributed by atoms with van der Waals surface area (Å²) < 4.78 is 5.77. The highest BCUT2D eigenvalue weighted by Crippen LogP contribution is 2.36. The highest BCUT2D eigenvalue weighted by molar-refractivity contribution is 6.30. The quantitative estimate of drug-likeness (QED) is 0.524. The standard InChI is InChI=1S/C20H22ClN3O4/c1-19(2)20(3,17(25)23-27)22-18(26)24(19)12-13-4-8-15(9-5-13)28-16-10-6-14(21)7-11-16/h4-11,27H,12H2,1-3H3,(H,22,26)(H,23,25). The number of hydroxylamine groups is 1. The van der Waals surface area contributed by atoms with Crippen LogP contribution in [0.15, 0.2) is 48.5 Å². The van der Waals surface area contributed by atoms with Gasteiger partial charge in [0.25, 0.3) is 5.91 Å². The molecule has 3 N–H and O–H groups in total. The summed E-state index contributed by atoms with van der Waals surface area (Å²) in [6.07, 6.45) is 0. The molecule has 148 valence electrons. The van der Waals surface area contributed by atoms with E-state index in [0.29, 0.717) is 23.1 Å². The minimum absolute atomic E-state index is 0.300. The molecular weight excluding hydrogens is 382 g/mol. The molecule has 3 rings (SSSR count). The number of nitrogens with zero attached hydrogens (tertiary/aromatic N) is 1. The van der Waals surface area contributed by atoms with Crippen LogP contribution in [0, 0.1) is 0 Å². The molecule has 7 nitrogen and oxygen atoms in total. The molecule has 3 amide bonds. The first kappa shape index (κ1) is 20.0. The Bertz CT molecular complexity index is 883. The Balaban J connectivity index is 1.74. The first-order valence-corrected chi connectivity index (χ1v) is 9.12. The van der Waals surface area contributed by atoms with Crippen LogP contribution in [0.5, 0.6) is 11.5 Å². The second-order valence-electron chi connectivity index (χ2n) is 7.34. The van der Waals surface area contributed by atoms with E-state index in [4.69, 9.17) is 21.5 Å². The first-order chi connectivity index (χ1) is 13.2. The highest BCUT2D eigenvalue weighted by Gasteiger charge is 2.58. The summed E-state index contributed by atoms with van der Waals surface area (Å²) in [6.45, 7) is 5.43. The van der Waals surface area contributed by atoms with Crippen molar-refractivity contribution >= 4 is 23.5 Å². The number of hydrogen-bond acceptors (Lipinski definition) is 4. The van der Waals surface area contributed by atoms with E-state index in [1.807, 2.05) is 24.3 Å². The third-order valence-corrected chi connectivity index (χ3v) is 5.62. The summed E-state index contributed by atoms with van der Waals surface area (Å²) >= 11 is 5.87. The molecule has 8 heteroatoms. The normalized spacial score (nSPS) is 20.6. The fraction of sp³-hybridized carbons (Fsp3) is 0.300. The summed E-state index contributed by atoms with van der Waals surface area (Å²) in [4.78, 5) is 26.2. The number of hydrogen-bond donors (Lipinski definition) is 3. The van der Waals surface area contributed by atoms with E-state index in [2.05, 4.69) is 5.32 Å². The summed E-state index contributed by atoms with van der Waals surface area (Å²) in [7, 11) is 0. The lowest BCUT2D eigenvalue weighted by Crippen LogP contribution is -2.63. The van der Waals surface area contributed by atoms with E-state index in [-0.39, 0.29) is 6.03 Å². The van der Waals surface area contributed by atoms with Gasteiger partial charge >= 0.3 is 6.03 Å². The van der Waals surface area contributed by atoms with E-state index in [9.17, 15) is 9.59 Å². The van der Waals surface area contributed by atoms with Crippen molar-refractivity contribution in [2.45, 2.75) is 38.4 Å². The lowest BCUT2D eigenvalue weighted by Gasteiger charge is -2.39. The zero-order valence-electron chi connectivity index (χ0n) is 15.8. The Morgan fingerprint density at radius 1 is 1.11 bits per heavy atom. The van der Waals surface area contributed by atoms with Crippen LogP contribution in [-0.2, 0) is 11.3 Å². The van der Waals surface area contributed by atoms with Crippen molar-refractivity contribution in [3.63, 3.8) is 0 Å². The average molecular weight is 404 g/mol. The number of carbonyl (C=O) groups excluding carboxylic acids is 2. The third kappa shape index (κ3) is 3.50. The predicted molar refractivity (Wildman–Crippen MR) is 104 cm³/mol. The van der Waals surface area contributed by atoms with Gasteiger partial charge in [0.15, 0.2) is 0 Å². The van der Waals surface area contributed by atoms with Crippen LogP contribution >= 0.6 is 11.6 Å². The van der Waals surface area contributed by atoms with Gasteiger partial charge in [0.05, 0.1) is 5.54 Å². The van der Waals surface area contributed by atoms with Crippen molar-refractivity contribution in [2.24, 2.45) is 0 Å². The molecule has 2 aromatic rings. The SMILES string of the molecule is CC1(C(=O)NO)NC(=O)N(Cc2ccc(Oc3ccc(Cl)cc3)cc2)C1(C)C. The number of amides is 3. The van der Waals surface area contributed by atoms with Gasteiger partial charge in [-0.05, 0) is 62.7 Å². The number of carbonyl (C=O) groups is 2. The van der Waals surface area contributed by atoms with Crippen LogP contribution in [0.25, 0.3) is 0 Å². The van der Waals surface area contributed by atoms with Gasteiger partial charge < -0.3 is 15.0 Å². The molecule has 0 spiro atoms. The lowest BCUT2D eigenvalue weighted by atomic mass is 9.81. The number of nitrogens with one attached hydrogen (secondary N) is 2. The maximum atomic E-state index is 12.5. The van der Waals surface area contributed by atoms with Crippen LogP contribution in [0.3, 0.4) is 0 Å². The number of ether oxygens (including phenoxy) is 1. The van der Waals surface area contributed by atoms with E-state index < -0.39 is 17.0 Å². The van der Waals surface area contributed by atoms with Crippen molar-refractivity contribution in [1.29, 1.82) is 0 Å². The molecule has 1 atom stereocenters. The zero-order chi connectivity index (χ0) is 20.5. The number of rotatable bonds is 5. The molecule has 1 fully saturated rings. The molecule has 0 saturated carbocycles. The maximum absolute atomic E-state index is 12.5. The van der Waals surface area contributed by atoms with Gasteiger partial charge in [-0.3, -0.25) is 10.0 Å². The smallest absolute Gasteiger partial charge is 0.319 e. The Labute approximate surface area is 168 Å². The topological polar surface area (TPSA) is 90.9 Å². The highest BCUT2D eigenvalue weighted by atomic mass is 35.5. The summed E-state index contributed by atoms with van der Waals surface area (Å²) in [5, 5.41) is 12.3. The fourth-order valence-electron chi connectivity index (χ4n) is 3.16. The molecule has 0 aromatic heterocycles. The molecule has 0 bridgehead atoms. The van der Waals surface area contributed by atoms with Gasteiger partial charge in [0.2, 0.25) is 0 Å². The van der Waals surface area contributed by atoms with Crippen LogP contribution < -0.4 is 15.5 Å². The van der Waals surface area contributed by atoms with E-state index >= 15 is 0 Å². The van der Waals surface area contributed by atoms with Crippen molar-refractivity contribution in [3.05, 3.63) is 59.1 Å². The molecule has 0 aliphatic carbocycles. The number of halogens is 1. The number of benzene rings is 2. The van der Waals surface area contributed by atoms with Crippen molar-refractivity contribution in [1.82, 2.24) is 15.7 Å². The van der Waals surface area contributed by atoms with Crippen molar-refractivity contribution in [3.8, 4) is 11.5 Å². The van der Waals surface area contributed by atoms with Crippen LogP contribution in [0.2, 0.25) is 5.02 Å². The van der Waals surface area contributed by atoms with Crippen LogP contribution in [0.4, 0.5) is 4.79 Å². The molecule has 1 heterocycles. The molecule has 2 aromatic carbocycles. The predicted octanol–water partition coefficient (Wildman–Crippen LogP) is 3.70. The Morgan fingerprint density at radius 2 is 1.64 bits per heavy atom. The van der Waals surface area contributed by atoms with Gasteiger partial charge in [-0.1, -0.05) is 23.7 Å². The van der Waals surface area contributed by atoms with Gasteiger partial charge in [0.1, 0.15) is 17.0 Å². The molecule has 1 aliphatic rings. The van der Waals surface area contributed by atoms with Gasteiger partial charge in [-0.2, -0.15) is 0 Å². The molecule has 1 aliphatic heterocycles. The largest absolute Gasteiger partial charge is 0.457 e. The summed E-state index contributed by atoms with van der Waals surface area (Å²) in [5.74, 6) is 0.656. The molecule has 28 heavy (non-hydrogen) atoms. The average Bonchev–Trinajstić information content (AvgIpc) is 2.84. The van der Waals surface area contributed by atoms with Gasteiger partial charge in [-0.25, -0.2) is 10.3 Å². The van der Waals surface area contributed by atoms with E-state index in [1.165, 1.54) is 0 Å². The van der Waals surface area contributed by atoms with Crippen molar-refractivity contribution < 1.29 is 19.5 Å².